The quantitative estimate of drug-likeness (QED) is 0.871. The van der Waals surface area contributed by atoms with Crippen LogP contribution < -0.4 is 15.1 Å². The zero-order chi connectivity index (χ0) is 18.0. The standard InChI is InChI=1S/C16H18FN3O5/c1-2-14(21)18-8-11-9-20(16(23)25-11)10-3-4-13(12(17)7-10)19-5-6-24-15(19)22/h3-4,7,11H,2,5-6,8-9H2,1H3,(H,18,21)/t11-/m1/s1. The molecule has 2 saturated heterocycles. The maximum absolute atomic E-state index is 14.4. The summed E-state index contributed by atoms with van der Waals surface area (Å²) < 4.78 is 24.3. The summed E-state index contributed by atoms with van der Waals surface area (Å²) in [7, 11) is 0. The van der Waals surface area contributed by atoms with Crippen molar-refractivity contribution >= 4 is 29.5 Å². The van der Waals surface area contributed by atoms with Crippen LogP contribution in [0.25, 0.3) is 0 Å². The van der Waals surface area contributed by atoms with E-state index in [0.29, 0.717) is 12.1 Å². The van der Waals surface area contributed by atoms with Gasteiger partial charge in [0.1, 0.15) is 18.5 Å². The van der Waals surface area contributed by atoms with E-state index in [-0.39, 0.29) is 37.8 Å². The second kappa shape index (κ2) is 6.96. The number of rotatable bonds is 5. The summed E-state index contributed by atoms with van der Waals surface area (Å²) in [6.45, 7) is 2.62. The summed E-state index contributed by atoms with van der Waals surface area (Å²) in [4.78, 5) is 37.3. The first-order chi connectivity index (χ1) is 12.0. The first-order valence-electron chi connectivity index (χ1n) is 7.98. The predicted octanol–water partition coefficient (Wildman–Crippen LogP) is 1.63. The van der Waals surface area contributed by atoms with Crippen LogP contribution in [0, 0.1) is 5.82 Å². The number of carbonyl (C=O) groups is 3. The molecule has 0 bridgehead atoms. The number of halogens is 1. The Hall–Kier alpha value is -2.84. The molecule has 2 heterocycles. The van der Waals surface area contributed by atoms with Crippen LogP contribution in [0.5, 0.6) is 0 Å². The molecular weight excluding hydrogens is 333 g/mol. The number of hydrogen-bond acceptors (Lipinski definition) is 5. The van der Waals surface area contributed by atoms with E-state index in [0.717, 1.165) is 0 Å². The van der Waals surface area contributed by atoms with Gasteiger partial charge in [0.25, 0.3) is 0 Å². The van der Waals surface area contributed by atoms with Crippen molar-refractivity contribution in [3.8, 4) is 0 Å². The van der Waals surface area contributed by atoms with E-state index in [4.69, 9.17) is 9.47 Å². The second-order valence-corrected chi connectivity index (χ2v) is 5.68. The lowest BCUT2D eigenvalue weighted by molar-refractivity contribution is -0.121. The fourth-order valence-electron chi connectivity index (χ4n) is 2.69. The Bertz CT molecular complexity index is 711. The SMILES string of the molecule is CCC(=O)NC[C@@H]1CN(c2ccc(N3CCOC3=O)c(F)c2)C(=O)O1. The Labute approximate surface area is 143 Å². The number of anilines is 2. The normalized spacial score (nSPS) is 19.8. The van der Waals surface area contributed by atoms with Crippen LogP contribution in [0.3, 0.4) is 0 Å². The molecule has 1 aromatic rings. The van der Waals surface area contributed by atoms with Crippen LogP contribution in [0.2, 0.25) is 0 Å². The van der Waals surface area contributed by atoms with Crippen molar-refractivity contribution in [1.29, 1.82) is 0 Å². The third-order valence-electron chi connectivity index (χ3n) is 4.02. The molecule has 0 spiro atoms. The molecular formula is C16H18FN3O5. The Balaban J connectivity index is 1.69. The van der Waals surface area contributed by atoms with Crippen LogP contribution >= 0.6 is 0 Å². The lowest BCUT2D eigenvalue weighted by Crippen LogP contribution is -2.34. The minimum atomic E-state index is -0.633. The first-order valence-corrected chi connectivity index (χ1v) is 7.98. The van der Waals surface area contributed by atoms with Crippen molar-refractivity contribution in [3.05, 3.63) is 24.0 Å². The van der Waals surface area contributed by atoms with E-state index >= 15 is 0 Å². The zero-order valence-electron chi connectivity index (χ0n) is 13.7. The van der Waals surface area contributed by atoms with Gasteiger partial charge in [0, 0.05) is 6.42 Å². The number of cyclic esters (lactones) is 2. The minimum absolute atomic E-state index is 0.102. The van der Waals surface area contributed by atoms with Gasteiger partial charge in [-0.15, -0.1) is 0 Å². The highest BCUT2D eigenvalue weighted by Gasteiger charge is 2.33. The fraction of sp³-hybridized carbons (Fsp3) is 0.438. The Morgan fingerprint density at radius 3 is 2.76 bits per heavy atom. The highest BCUT2D eigenvalue weighted by Crippen LogP contribution is 2.29. The number of carbonyl (C=O) groups excluding carboxylic acids is 3. The molecule has 25 heavy (non-hydrogen) atoms. The molecule has 0 radical (unpaired) electrons. The molecule has 2 aliphatic rings. The van der Waals surface area contributed by atoms with Crippen molar-refractivity contribution < 1.29 is 28.2 Å². The number of nitrogens with zero attached hydrogens (tertiary/aromatic N) is 2. The molecule has 0 aliphatic carbocycles. The van der Waals surface area contributed by atoms with Crippen molar-refractivity contribution in [2.24, 2.45) is 0 Å². The molecule has 8 nitrogen and oxygen atoms in total. The van der Waals surface area contributed by atoms with Crippen LogP contribution in [-0.4, -0.2) is 50.4 Å². The molecule has 2 fully saturated rings. The molecule has 0 saturated carbocycles. The van der Waals surface area contributed by atoms with Crippen molar-refractivity contribution in [2.45, 2.75) is 19.4 Å². The molecule has 2 aliphatic heterocycles. The highest BCUT2D eigenvalue weighted by atomic mass is 19.1. The fourth-order valence-corrected chi connectivity index (χ4v) is 2.69. The molecule has 134 valence electrons. The summed E-state index contributed by atoms with van der Waals surface area (Å²) in [5.74, 6) is -0.769. The summed E-state index contributed by atoms with van der Waals surface area (Å²) in [6.07, 6.45) is -1.36. The number of hydrogen-bond donors (Lipinski definition) is 1. The van der Waals surface area contributed by atoms with Gasteiger partial charge in [0.05, 0.1) is 31.0 Å². The van der Waals surface area contributed by atoms with Crippen LogP contribution in [-0.2, 0) is 14.3 Å². The topological polar surface area (TPSA) is 88.2 Å². The monoisotopic (exact) mass is 351 g/mol. The van der Waals surface area contributed by atoms with Crippen molar-refractivity contribution in [3.63, 3.8) is 0 Å². The van der Waals surface area contributed by atoms with Gasteiger partial charge >= 0.3 is 12.2 Å². The van der Waals surface area contributed by atoms with Crippen LogP contribution in [0.15, 0.2) is 18.2 Å². The van der Waals surface area contributed by atoms with Gasteiger partial charge in [0.2, 0.25) is 5.91 Å². The maximum atomic E-state index is 14.4. The highest BCUT2D eigenvalue weighted by molar-refractivity contribution is 5.92. The smallest absolute Gasteiger partial charge is 0.414 e. The van der Waals surface area contributed by atoms with E-state index in [2.05, 4.69) is 5.32 Å². The molecule has 1 aromatic carbocycles. The lowest BCUT2D eigenvalue weighted by Gasteiger charge is -2.17. The van der Waals surface area contributed by atoms with E-state index < -0.39 is 24.1 Å². The third kappa shape index (κ3) is 3.49. The number of nitrogens with one attached hydrogen (secondary N) is 1. The van der Waals surface area contributed by atoms with Gasteiger partial charge in [-0.05, 0) is 18.2 Å². The first kappa shape index (κ1) is 17.0. The van der Waals surface area contributed by atoms with Gasteiger partial charge < -0.3 is 14.8 Å². The zero-order valence-corrected chi connectivity index (χ0v) is 13.7. The molecule has 3 amide bonds. The van der Waals surface area contributed by atoms with Crippen molar-refractivity contribution in [2.75, 3.05) is 36.0 Å². The van der Waals surface area contributed by atoms with Gasteiger partial charge in [-0.2, -0.15) is 0 Å². The van der Waals surface area contributed by atoms with Gasteiger partial charge in [0.15, 0.2) is 0 Å². The number of ether oxygens (including phenoxy) is 2. The molecule has 1 N–H and O–H groups in total. The average Bonchev–Trinajstić information content (AvgIpc) is 3.18. The second-order valence-electron chi connectivity index (χ2n) is 5.68. The Morgan fingerprint density at radius 2 is 2.12 bits per heavy atom. The van der Waals surface area contributed by atoms with Gasteiger partial charge in [-0.3, -0.25) is 14.6 Å². The Morgan fingerprint density at radius 1 is 1.32 bits per heavy atom. The lowest BCUT2D eigenvalue weighted by atomic mass is 10.2. The van der Waals surface area contributed by atoms with Crippen LogP contribution in [0.4, 0.5) is 25.4 Å². The number of benzene rings is 1. The van der Waals surface area contributed by atoms with Crippen molar-refractivity contribution in [1.82, 2.24) is 5.32 Å². The summed E-state index contributed by atoms with van der Waals surface area (Å²) in [6, 6.07) is 4.14. The molecule has 0 unspecified atom stereocenters. The molecule has 0 aromatic heterocycles. The largest absolute Gasteiger partial charge is 0.447 e. The third-order valence-corrected chi connectivity index (χ3v) is 4.02. The minimum Gasteiger partial charge on any atom is -0.447 e. The summed E-state index contributed by atoms with van der Waals surface area (Å²) in [5, 5.41) is 2.65. The molecule has 3 rings (SSSR count). The summed E-state index contributed by atoms with van der Waals surface area (Å²) in [5.41, 5.74) is 0.425. The van der Waals surface area contributed by atoms with Gasteiger partial charge in [-0.25, -0.2) is 14.0 Å². The average molecular weight is 351 g/mol. The van der Waals surface area contributed by atoms with E-state index in [1.807, 2.05) is 0 Å². The summed E-state index contributed by atoms with van der Waals surface area (Å²) >= 11 is 0. The molecule has 1 atom stereocenters. The Kier molecular flexibility index (Phi) is 4.73. The van der Waals surface area contributed by atoms with Gasteiger partial charge in [-0.1, -0.05) is 6.92 Å². The van der Waals surface area contributed by atoms with E-state index in [1.54, 1.807) is 6.92 Å². The van der Waals surface area contributed by atoms with E-state index in [1.165, 1.54) is 28.0 Å². The van der Waals surface area contributed by atoms with Crippen LogP contribution in [0.1, 0.15) is 13.3 Å². The predicted molar refractivity (Wildman–Crippen MR) is 86.0 cm³/mol. The maximum Gasteiger partial charge on any atom is 0.414 e. The number of amides is 3. The molecule has 9 heteroatoms. The van der Waals surface area contributed by atoms with E-state index in [9.17, 15) is 18.8 Å².